The third-order valence-electron chi connectivity index (χ3n) is 3.82. The highest BCUT2D eigenvalue weighted by molar-refractivity contribution is 6.00. The van der Waals surface area contributed by atoms with E-state index in [1.165, 1.54) is 16.9 Å². The molecule has 1 aliphatic heterocycles. The summed E-state index contributed by atoms with van der Waals surface area (Å²) < 4.78 is 6.74. The molecule has 21 heavy (non-hydrogen) atoms. The number of carbonyl (C=O) groups is 2. The molecular formula is C13H14N4O4. The van der Waals surface area contributed by atoms with Gasteiger partial charge in [-0.15, -0.1) is 0 Å². The summed E-state index contributed by atoms with van der Waals surface area (Å²) in [4.78, 5) is 27.7. The Hall–Kier alpha value is -2.48. The minimum Gasteiger partial charge on any atom is -0.481 e. The minimum absolute atomic E-state index is 0.0730. The van der Waals surface area contributed by atoms with Gasteiger partial charge in [0.15, 0.2) is 0 Å². The summed E-state index contributed by atoms with van der Waals surface area (Å²) in [5.74, 6) is -1.38. The molecule has 0 spiro atoms. The molecule has 2 aromatic rings. The van der Waals surface area contributed by atoms with Crippen LogP contribution in [0.3, 0.4) is 0 Å². The van der Waals surface area contributed by atoms with E-state index in [2.05, 4.69) is 15.4 Å². The van der Waals surface area contributed by atoms with Crippen LogP contribution in [0.4, 0.5) is 0 Å². The van der Waals surface area contributed by atoms with E-state index in [4.69, 9.17) is 4.74 Å². The van der Waals surface area contributed by atoms with Crippen molar-refractivity contribution in [1.82, 2.24) is 19.9 Å². The Morgan fingerprint density at radius 2 is 2.33 bits per heavy atom. The Labute approximate surface area is 119 Å². The van der Waals surface area contributed by atoms with Gasteiger partial charge in [0.05, 0.1) is 42.7 Å². The van der Waals surface area contributed by atoms with Crippen molar-refractivity contribution in [2.75, 3.05) is 13.2 Å². The number of nitrogens with zero attached hydrogens (tertiary/aromatic N) is 3. The van der Waals surface area contributed by atoms with Crippen molar-refractivity contribution in [2.24, 2.45) is 5.41 Å². The second-order valence-corrected chi connectivity index (χ2v) is 5.23. The second-order valence-electron chi connectivity index (χ2n) is 5.23. The third-order valence-corrected chi connectivity index (χ3v) is 3.82. The Morgan fingerprint density at radius 3 is 3.10 bits per heavy atom. The topological polar surface area (TPSA) is 106 Å². The number of aliphatic carboxylic acids is 1. The molecule has 2 atom stereocenters. The highest BCUT2D eigenvalue weighted by atomic mass is 16.5. The molecule has 1 aliphatic rings. The predicted octanol–water partition coefficient (Wildman–Crippen LogP) is -0.0512. The largest absolute Gasteiger partial charge is 0.481 e. The van der Waals surface area contributed by atoms with Crippen LogP contribution in [0.1, 0.15) is 17.3 Å². The van der Waals surface area contributed by atoms with E-state index in [0.717, 1.165) is 0 Å². The van der Waals surface area contributed by atoms with Crippen molar-refractivity contribution < 1.29 is 19.4 Å². The average molecular weight is 290 g/mol. The van der Waals surface area contributed by atoms with Gasteiger partial charge >= 0.3 is 5.97 Å². The minimum atomic E-state index is -1.13. The lowest BCUT2D eigenvalue weighted by Crippen LogP contribution is -2.49. The van der Waals surface area contributed by atoms with Gasteiger partial charge in [0.2, 0.25) is 0 Å². The summed E-state index contributed by atoms with van der Waals surface area (Å²) in [5, 5.41) is 16.1. The van der Waals surface area contributed by atoms with Crippen molar-refractivity contribution in [2.45, 2.75) is 13.0 Å². The molecular weight excluding hydrogens is 276 g/mol. The molecule has 8 nitrogen and oxygen atoms in total. The Kier molecular flexibility index (Phi) is 3.09. The number of amides is 1. The summed E-state index contributed by atoms with van der Waals surface area (Å²) in [7, 11) is 0. The van der Waals surface area contributed by atoms with E-state index in [-0.39, 0.29) is 19.1 Å². The van der Waals surface area contributed by atoms with E-state index in [1.807, 2.05) is 0 Å². The molecule has 2 aromatic heterocycles. The number of aromatic nitrogens is 3. The van der Waals surface area contributed by atoms with Crippen LogP contribution in [0.15, 0.2) is 24.8 Å². The van der Waals surface area contributed by atoms with E-state index in [1.54, 1.807) is 19.3 Å². The van der Waals surface area contributed by atoms with Gasteiger partial charge in [0.1, 0.15) is 5.41 Å². The maximum absolute atomic E-state index is 12.3. The number of carboxylic acid groups (broad SMARTS) is 1. The van der Waals surface area contributed by atoms with Crippen LogP contribution >= 0.6 is 0 Å². The zero-order chi connectivity index (χ0) is 15.0. The summed E-state index contributed by atoms with van der Waals surface area (Å²) in [5.41, 5.74) is -0.217. The second kappa shape index (κ2) is 4.81. The first-order valence-electron chi connectivity index (χ1n) is 6.42. The van der Waals surface area contributed by atoms with Gasteiger partial charge in [-0.1, -0.05) is 0 Å². The zero-order valence-electron chi connectivity index (χ0n) is 11.3. The van der Waals surface area contributed by atoms with Gasteiger partial charge in [-0.2, -0.15) is 5.10 Å². The number of hydrogen-bond acceptors (Lipinski definition) is 5. The molecule has 1 fully saturated rings. The molecule has 0 aliphatic carbocycles. The van der Waals surface area contributed by atoms with E-state index in [0.29, 0.717) is 11.1 Å². The van der Waals surface area contributed by atoms with Crippen LogP contribution in [-0.2, 0) is 9.53 Å². The number of fused-ring (bicyclic) bond motifs is 1. The van der Waals surface area contributed by atoms with Crippen LogP contribution in [0.25, 0.3) is 5.52 Å². The molecule has 3 rings (SSSR count). The van der Waals surface area contributed by atoms with Crippen molar-refractivity contribution >= 4 is 17.4 Å². The fraction of sp³-hybridized carbons (Fsp3) is 0.385. The van der Waals surface area contributed by atoms with Crippen molar-refractivity contribution in [1.29, 1.82) is 0 Å². The lowest BCUT2D eigenvalue weighted by molar-refractivity contribution is -0.148. The lowest BCUT2D eigenvalue weighted by atomic mass is 9.85. The maximum Gasteiger partial charge on any atom is 0.313 e. The van der Waals surface area contributed by atoms with Gasteiger partial charge in [0, 0.05) is 12.4 Å². The predicted molar refractivity (Wildman–Crippen MR) is 70.8 cm³/mol. The van der Waals surface area contributed by atoms with Crippen molar-refractivity contribution in [3.63, 3.8) is 0 Å². The van der Waals surface area contributed by atoms with Gasteiger partial charge in [0.25, 0.3) is 5.91 Å². The van der Waals surface area contributed by atoms with Gasteiger partial charge < -0.3 is 15.2 Å². The SMILES string of the molecule is CC1(C(=O)O)COCC1NC(=O)c1cnn2ccncc12. The van der Waals surface area contributed by atoms with Gasteiger partial charge in [-0.05, 0) is 6.92 Å². The molecule has 0 radical (unpaired) electrons. The Balaban J connectivity index is 1.85. The quantitative estimate of drug-likeness (QED) is 0.821. The zero-order valence-corrected chi connectivity index (χ0v) is 11.3. The molecule has 2 N–H and O–H groups in total. The number of ether oxygens (including phenoxy) is 1. The monoisotopic (exact) mass is 290 g/mol. The van der Waals surface area contributed by atoms with Crippen LogP contribution < -0.4 is 5.32 Å². The highest BCUT2D eigenvalue weighted by Gasteiger charge is 2.47. The Morgan fingerprint density at radius 1 is 1.52 bits per heavy atom. The average Bonchev–Trinajstić information content (AvgIpc) is 3.04. The van der Waals surface area contributed by atoms with Crippen LogP contribution in [0, 0.1) is 5.41 Å². The van der Waals surface area contributed by atoms with Gasteiger partial charge in [-0.3, -0.25) is 14.6 Å². The van der Waals surface area contributed by atoms with Crippen LogP contribution in [-0.4, -0.2) is 50.8 Å². The molecule has 110 valence electrons. The molecule has 1 saturated heterocycles. The lowest BCUT2D eigenvalue weighted by Gasteiger charge is -2.25. The van der Waals surface area contributed by atoms with Crippen LogP contribution in [0.2, 0.25) is 0 Å². The Bertz CT molecular complexity index is 713. The molecule has 0 bridgehead atoms. The standard InChI is InChI=1S/C13H14N4O4/c1-13(12(19)20)7-21-6-10(13)16-11(18)8-4-15-17-3-2-14-5-9(8)17/h2-5,10H,6-7H2,1H3,(H,16,18)(H,19,20). The number of carbonyl (C=O) groups excluding carboxylic acids is 1. The van der Waals surface area contributed by atoms with E-state index < -0.39 is 17.4 Å². The normalized spacial score (nSPS) is 25.1. The molecule has 8 heteroatoms. The summed E-state index contributed by atoms with van der Waals surface area (Å²) in [6.45, 7) is 1.81. The van der Waals surface area contributed by atoms with E-state index in [9.17, 15) is 14.7 Å². The number of nitrogens with one attached hydrogen (secondary N) is 1. The molecule has 3 heterocycles. The first kappa shape index (κ1) is 13.5. The highest BCUT2D eigenvalue weighted by Crippen LogP contribution is 2.29. The van der Waals surface area contributed by atoms with Crippen molar-refractivity contribution in [3.05, 3.63) is 30.4 Å². The molecule has 0 saturated carbocycles. The first-order valence-corrected chi connectivity index (χ1v) is 6.42. The first-order chi connectivity index (χ1) is 10.0. The summed E-state index contributed by atoms with van der Waals surface area (Å²) >= 11 is 0. The third kappa shape index (κ3) is 2.13. The number of carboxylic acids is 1. The van der Waals surface area contributed by atoms with Crippen molar-refractivity contribution in [3.8, 4) is 0 Å². The van der Waals surface area contributed by atoms with Crippen LogP contribution in [0.5, 0.6) is 0 Å². The molecule has 1 amide bonds. The fourth-order valence-electron chi connectivity index (χ4n) is 2.33. The fourth-order valence-corrected chi connectivity index (χ4v) is 2.33. The van der Waals surface area contributed by atoms with Gasteiger partial charge in [-0.25, -0.2) is 4.52 Å². The summed E-state index contributed by atoms with van der Waals surface area (Å²) in [6.07, 6.45) is 6.16. The maximum atomic E-state index is 12.3. The summed E-state index contributed by atoms with van der Waals surface area (Å²) in [6, 6.07) is -0.589. The smallest absolute Gasteiger partial charge is 0.313 e. The number of hydrogen-bond donors (Lipinski definition) is 2. The molecule has 0 aromatic carbocycles. The van der Waals surface area contributed by atoms with E-state index >= 15 is 0 Å². The molecule has 2 unspecified atom stereocenters. The number of rotatable bonds is 3.